The quantitative estimate of drug-likeness (QED) is 0.459. The molecule has 1 heterocycles. The third-order valence-corrected chi connectivity index (χ3v) is 5.94. The van der Waals surface area contributed by atoms with Crippen LogP contribution in [-0.4, -0.2) is 26.1 Å². The smallest absolute Gasteiger partial charge is 0.264 e. The second kappa shape index (κ2) is 10.1. The van der Waals surface area contributed by atoms with E-state index in [0.717, 1.165) is 17.7 Å². The molecule has 0 aliphatic rings. The molecule has 3 aromatic rings. The van der Waals surface area contributed by atoms with Crippen LogP contribution in [0.4, 0.5) is 11.6 Å². The number of carbonyl (C=O) groups is 1. The number of ether oxygens (including phenoxy) is 1. The summed E-state index contributed by atoms with van der Waals surface area (Å²) in [5, 5.41) is 6.43. The van der Waals surface area contributed by atoms with E-state index in [-0.39, 0.29) is 16.7 Å². The van der Waals surface area contributed by atoms with Gasteiger partial charge in [-0.3, -0.25) is 4.79 Å². The van der Waals surface area contributed by atoms with Crippen molar-refractivity contribution in [1.82, 2.24) is 5.16 Å². The van der Waals surface area contributed by atoms with Gasteiger partial charge in [-0.15, -0.1) is 0 Å². The number of sulfonamides is 1. The van der Waals surface area contributed by atoms with Gasteiger partial charge in [0.25, 0.3) is 10.0 Å². The molecule has 0 spiro atoms. The Hall–Kier alpha value is -3.59. The summed E-state index contributed by atoms with van der Waals surface area (Å²) in [6, 6.07) is 13.2. The number of benzene rings is 2. The van der Waals surface area contributed by atoms with Crippen LogP contribution in [0.25, 0.3) is 6.08 Å². The van der Waals surface area contributed by atoms with E-state index in [1.807, 2.05) is 31.2 Å². The number of hydrogen-bond donors (Lipinski definition) is 2. The van der Waals surface area contributed by atoms with Crippen molar-refractivity contribution in [2.75, 3.05) is 16.6 Å². The molecule has 0 fully saturated rings. The van der Waals surface area contributed by atoms with Gasteiger partial charge in [0.1, 0.15) is 5.75 Å². The zero-order valence-electron chi connectivity index (χ0n) is 18.1. The molecule has 1 amide bonds. The fourth-order valence-electron chi connectivity index (χ4n) is 2.66. The molecule has 0 radical (unpaired) electrons. The van der Waals surface area contributed by atoms with Gasteiger partial charge >= 0.3 is 0 Å². The van der Waals surface area contributed by atoms with E-state index in [0.29, 0.717) is 23.6 Å². The lowest BCUT2D eigenvalue weighted by Gasteiger charge is -2.07. The zero-order valence-corrected chi connectivity index (χ0v) is 18.9. The van der Waals surface area contributed by atoms with Crippen molar-refractivity contribution in [2.45, 2.75) is 32.1 Å². The van der Waals surface area contributed by atoms with Crippen molar-refractivity contribution >= 4 is 33.6 Å². The van der Waals surface area contributed by atoms with E-state index >= 15 is 0 Å². The summed E-state index contributed by atoms with van der Waals surface area (Å²) in [5.41, 5.74) is 2.55. The van der Waals surface area contributed by atoms with Crippen molar-refractivity contribution < 1.29 is 22.5 Å². The second-order valence-corrected chi connectivity index (χ2v) is 8.77. The lowest BCUT2D eigenvalue weighted by atomic mass is 10.2. The lowest BCUT2D eigenvalue weighted by molar-refractivity contribution is -0.111. The summed E-state index contributed by atoms with van der Waals surface area (Å²) in [4.78, 5) is 12.2. The van der Waals surface area contributed by atoms with Gasteiger partial charge < -0.3 is 14.6 Å². The van der Waals surface area contributed by atoms with Gasteiger partial charge in [-0.05, 0) is 68.3 Å². The second-order valence-electron chi connectivity index (χ2n) is 7.09. The van der Waals surface area contributed by atoms with Gasteiger partial charge in [-0.25, -0.2) is 13.1 Å². The molecule has 9 heteroatoms. The van der Waals surface area contributed by atoms with Crippen molar-refractivity contribution in [2.24, 2.45) is 0 Å². The highest BCUT2D eigenvalue weighted by Crippen LogP contribution is 2.22. The van der Waals surface area contributed by atoms with Crippen LogP contribution in [0, 0.1) is 13.8 Å². The first-order valence-electron chi connectivity index (χ1n) is 10.1. The third kappa shape index (κ3) is 5.98. The van der Waals surface area contributed by atoms with E-state index in [1.165, 1.54) is 30.3 Å². The minimum Gasteiger partial charge on any atom is -0.494 e. The number of nitrogens with zero attached hydrogens (tertiary/aromatic N) is 1. The maximum atomic E-state index is 12.5. The highest BCUT2D eigenvalue weighted by Gasteiger charge is 2.19. The molecule has 0 aliphatic carbocycles. The largest absolute Gasteiger partial charge is 0.494 e. The molecule has 0 bridgehead atoms. The van der Waals surface area contributed by atoms with E-state index in [1.54, 1.807) is 19.9 Å². The molecule has 0 saturated carbocycles. The summed E-state index contributed by atoms with van der Waals surface area (Å²) in [5.74, 6) is 0.527. The molecule has 0 atom stereocenters. The first kappa shape index (κ1) is 23.1. The predicted molar refractivity (Wildman–Crippen MR) is 123 cm³/mol. The Morgan fingerprint density at radius 1 is 1.09 bits per heavy atom. The number of amides is 1. The molecule has 2 N–H and O–H groups in total. The highest BCUT2D eigenvalue weighted by molar-refractivity contribution is 7.92. The van der Waals surface area contributed by atoms with E-state index in [4.69, 9.17) is 9.26 Å². The molecule has 0 saturated heterocycles. The summed E-state index contributed by atoms with van der Waals surface area (Å²) < 4.78 is 38.0. The van der Waals surface area contributed by atoms with Crippen LogP contribution in [0.2, 0.25) is 0 Å². The number of rotatable bonds is 9. The Labute approximate surface area is 187 Å². The molecule has 32 heavy (non-hydrogen) atoms. The van der Waals surface area contributed by atoms with Crippen molar-refractivity contribution in [3.8, 4) is 5.75 Å². The maximum Gasteiger partial charge on any atom is 0.264 e. The molecule has 168 valence electrons. The zero-order chi connectivity index (χ0) is 23.1. The normalized spacial score (nSPS) is 11.5. The lowest BCUT2D eigenvalue weighted by Crippen LogP contribution is -2.13. The van der Waals surface area contributed by atoms with Gasteiger partial charge in [0, 0.05) is 17.3 Å². The fraction of sp³-hybridized carbons (Fsp3) is 0.217. The van der Waals surface area contributed by atoms with Crippen LogP contribution in [0.3, 0.4) is 0 Å². The van der Waals surface area contributed by atoms with Gasteiger partial charge in [0.15, 0.2) is 0 Å². The summed E-state index contributed by atoms with van der Waals surface area (Å²) >= 11 is 0. The molecule has 1 aromatic heterocycles. The SMILES string of the molecule is CCCOc1ccc(C=CC(=O)Nc2ccc(S(=O)(=O)Nc3onc(C)c3C)cc2)cc1. The van der Waals surface area contributed by atoms with Crippen molar-refractivity contribution in [3.63, 3.8) is 0 Å². The predicted octanol–water partition coefficient (Wildman–Crippen LogP) is 4.53. The van der Waals surface area contributed by atoms with E-state index in [9.17, 15) is 13.2 Å². The van der Waals surface area contributed by atoms with Gasteiger partial charge in [0.2, 0.25) is 11.8 Å². The number of hydrogen-bond acceptors (Lipinski definition) is 6. The molecule has 0 unspecified atom stereocenters. The molecule has 2 aromatic carbocycles. The first-order chi connectivity index (χ1) is 15.3. The van der Waals surface area contributed by atoms with Crippen LogP contribution < -0.4 is 14.8 Å². The van der Waals surface area contributed by atoms with Crippen LogP contribution >= 0.6 is 0 Å². The molecular formula is C23H25N3O5S. The summed E-state index contributed by atoms with van der Waals surface area (Å²) in [6.07, 6.45) is 4.03. The number of nitrogens with one attached hydrogen (secondary N) is 2. The van der Waals surface area contributed by atoms with Gasteiger partial charge in [0.05, 0.1) is 17.2 Å². The molecule has 3 rings (SSSR count). The average Bonchev–Trinajstić information content (AvgIpc) is 3.09. The van der Waals surface area contributed by atoms with Gasteiger partial charge in [-0.2, -0.15) is 0 Å². The molecule has 8 nitrogen and oxygen atoms in total. The summed E-state index contributed by atoms with van der Waals surface area (Å²) in [7, 11) is -3.84. The Balaban J connectivity index is 1.59. The minimum atomic E-state index is -3.84. The van der Waals surface area contributed by atoms with E-state index < -0.39 is 10.0 Å². The first-order valence-corrected chi connectivity index (χ1v) is 11.5. The average molecular weight is 456 g/mol. The number of carbonyl (C=O) groups excluding carboxylic acids is 1. The topological polar surface area (TPSA) is 111 Å². The standard InChI is InChI=1S/C23H25N3O5S/c1-4-15-30-20-10-5-18(6-11-20)7-14-22(27)24-19-8-12-21(13-9-19)32(28,29)26-23-16(2)17(3)25-31-23/h5-14,26H,4,15H2,1-3H3,(H,24,27). The Bertz CT molecular complexity index is 1200. The van der Waals surface area contributed by atoms with Crippen LogP contribution in [-0.2, 0) is 14.8 Å². The Kier molecular flexibility index (Phi) is 7.32. The highest BCUT2D eigenvalue weighted by atomic mass is 32.2. The molecular weight excluding hydrogens is 430 g/mol. The molecule has 0 aliphatic heterocycles. The van der Waals surface area contributed by atoms with Crippen molar-refractivity contribution in [3.05, 3.63) is 71.4 Å². The van der Waals surface area contributed by atoms with Gasteiger partial charge in [-0.1, -0.05) is 24.2 Å². The Morgan fingerprint density at radius 2 is 1.78 bits per heavy atom. The number of aryl methyl sites for hydroxylation is 1. The Morgan fingerprint density at radius 3 is 2.38 bits per heavy atom. The maximum absolute atomic E-state index is 12.5. The van der Waals surface area contributed by atoms with Crippen molar-refractivity contribution in [1.29, 1.82) is 0 Å². The van der Waals surface area contributed by atoms with Crippen LogP contribution in [0.1, 0.15) is 30.2 Å². The number of anilines is 2. The summed E-state index contributed by atoms with van der Waals surface area (Å²) in [6.45, 7) is 6.14. The fourth-order valence-corrected chi connectivity index (χ4v) is 3.71. The van der Waals surface area contributed by atoms with Crippen LogP contribution in [0.5, 0.6) is 5.75 Å². The third-order valence-electron chi connectivity index (χ3n) is 4.60. The monoisotopic (exact) mass is 455 g/mol. The van der Waals surface area contributed by atoms with E-state index in [2.05, 4.69) is 15.2 Å². The number of aromatic nitrogens is 1. The minimum absolute atomic E-state index is 0.0323. The van der Waals surface area contributed by atoms with Crippen LogP contribution in [0.15, 0.2) is 64.0 Å².